The second-order valence-electron chi connectivity index (χ2n) is 4.77. The van der Waals surface area contributed by atoms with Crippen molar-refractivity contribution in [3.8, 4) is 0 Å². The molecule has 1 N–H and O–H groups in total. The van der Waals surface area contributed by atoms with Gasteiger partial charge in [-0.3, -0.25) is 0 Å². The van der Waals surface area contributed by atoms with E-state index in [1.807, 2.05) is 0 Å². The van der Waals surface area contributed by atoms with Gasteiger partial charge >= 0.3 is 12.1 Å². The minimum Gasteiger partial charge on any atom is -0.476 e. The number of carbonyl (C=O) groups is 1. The number of hydrogen-bond donors (Lipinski definition) is 1. The van der Waals surface area contributed by atoms with Gasteiger partial charge in [-0.2, -0.15) is 13.2 Å². The molecule has 1 saturated carbocycles. The first kappa shape index (κ1) is 13.6. The summed E-state index contributed by atoms with van der Waals surface area (Å²) in [6.07, 6.45) is 0.0536. The Balaban J connectivity index is 1.98. The molecule has 0 aromatic carbocycles. The fourth-order valence-corrected chi connectivity index (χ4v) is 2.14. The molecule has 10 heteroatoms. The highest BCUT2D eigenvalue weighted by Crippen LogP contribution is 2.36. The van der Waals surface area contributed by atoms with E-state index in [0.29, 0.717) is 10.4 Å². The second kappa shape index (κ2) is 4.57. The predicted octanol–water partition coefficient (Wildman–Crippen LogP) is 1.57. The lowest BCUT2D eigenvalue weighted by Crippen LogP contribution is -2.19. The van der Waals surface area contributed by atoms with Crippen LogP contribution in [0.15, 0.2) is 12.5 Å². The average Bonchev–Trinajstić information content (AvgIpc) is 2.96. The highest BCUT2D eigenvalue weighted by Gasteiger charge is 2.41. The zero-order valence-corrected chi connectivity index (χ0v) is 10.6. The van der Waals surface area contributed by atoms with Gasteiger partial charge in [-0.15, -0.1) is 5.10 Å². The van der Waals surface area contributed by atoms with Gasteiger partial charge in [-0.1, -0.05) is 5.21 Å². The van der Waals surface area contributed by atoms with Crippen LogP contribution in [0.25, 0.3) is 0 Å². The monoisotopic (exact) mass is 301 g/mol. The van der Waals surface area contributed by atoms with E-state index >= 15 is 0 Å². The van der Waals surface area contributed by atoms with Crippen LogP contribution in [-0.2, 0) is 12.7 Å². The topological polar surface area (TPSA) is 85.8 Å². The van der Waals surface area contributed by atoms with Crippen molar-refractivity contribution in [2.45, 2.75) is 31.6 Å². The predicted molar refractivity (Wildman–Crippen MR) is 61.6 cm³/mol. The van der Waals surface area contributed by atoms with Gasteiger partial charge in [0.1, 0.15) is 0 Å². The van der Waals surface area contributed by atoms with Crippen LogP contribution >= 0.6 is 0 Å². The number of nitrogens with zero attached hydrogens (tertiary/aromatic N) is 5. The zero-order chi connectivity index (χ0) is 15.2. The third-order valence-corrected chi connectivity index (χ3v) is 3.20. The number of aromatic carboxylic acids is 1. The van der Waals surface area contributed by atoms with Crippen molar-refractivity contribution in [1.82, 2.24) is 24.5 Å². The van der Waals surface area contributed by atoms with Crippen molar-refractivity contribution in [3.05, 3.63) is 29.6 Å². The summed E-state index contributed by atoms with van der Waals surface area (Å²) in [6, 6.07) is 0.249. The number of carboxylic acids is 1. The molecule has 1 fully saturated rings. The van der Waals surface area contributed by atoms with Gasteiger partial charge in [-0.05, 0) is 12.8 Å². The lowest BCUT2D eigenvalue weighted by atomic mass is 10.3. The van der Waals surface area contributed by atoms with Gasteiger partial charge < -0.3 is 9.67 Å². The molecule has 0 spiro atoms. The summed E-state index contributed by atoms with van der Waals surface area (Å²) in [5.41, 5.74) is -1.93. The van der Waals surface area contributed by atoms with Gasteiger partial charge in [0.2, 0.25) is 5.69 Å². The molecule has 2 aromatic heterocycles. The molecule has 0 radical (unpaired) electrons. The van der Waals surface area contributed by atoms with Gasteiger partial charge in [0.25, 0.3) is 0 Å². The molecule has 7 nitrogen and oxygen atoms in total. The largest absolute Gasteiger partial charge is 0.476 e. The Labute approximate surface area is 116 Å². The van der Waals surface area contributed by atoms with Crippen LogP contribution in [0.2, 0.25) is 0 Å². The van der Waals surface area contributed by atoms with E-state index in [0.717, 1.165) is 12.8 Å². The van der Waals surface area contributed by atoms with E-state index in [4.69, 9.17) is 5.11 Å². The Kier molecular flexibility index (Phi) is 2.96. The minimum atomic E-state index is -4.85. The zero-order valence-electron chi connectivity index (χ0n) is 10.6. The van der Waals surface area contributed by atoms with Gasteiger partial charge in [0, 0.05) is 6.04 Å². The van der Waals surface area contributed by atoms with Crippen LogP contribution in [-0.4, -0.2) is 35.6 Å². The molecular formula is C11H10F3N5O2. The van der Waals surface area contributed by atoms with Crippen molar-refractivity contribution in [2.75, 3.05) is 0 Å². The van der Waals surface area contributed by atoms with Crippen molar-refractivity contribution < 1.29 is 23.1 Å². The van der Waals surface area contributed by atoms with Crippen LogP contribution in [0.3, 0.4) is 0 Å². The van der Waals surface area contributed by atoms with Crippen molar-refractivity contribution in [3.63, 3.8) is 0 Å². The lowest BCUT2D eigenvalue weighted by molar-refractivity contribution is -0.144. The van der Waals surface area contributed by atoms with Crippen LogP contribution in [0.4, 0.5) is 13.2 Å². The quantitative estimate of drug-likeness (QED) is 0.926. The van der Waals surface area contributed by atoms with Crippen LogP contribution in [0.5, 0.6) is 0 Å². The van der Waals surface area contributed by atoms with Gasteiger partial charge in [-0.25, -0.2) is 14.5 Å². The van der Waals surface area contributed by atoms with Crippen molar-refractivity contribution in [1.29, 1.82) is 0 Å². The highest BCUT2D eigenvalue weighted by molar-refractivity contribution is 5.86. The molecule has 0 amide bonds. The first-order valence-corrected chi connectivity index (χ1v) is 6.12. The number of aromatic nitrogens is 5. The summed E-state index contributed by atoms with van der Waals surface area (Å²) < 4.78 is 41.4. The molecule has 112 valence electrons. The van der Waals surface area contributed by atoms with Crippen LogP contribution < -0.4 is 0 Å². The van der Waals surface area contributed by atoms with Crippen LogP contribution in [0, 0.1) is 0 Å². The van der Waals surface area contributed by atoms with E-state index in [1.54, 1.807) is 10.9 Å². The Bertz CT molecular complexity index is 686. The normalized spacial score (nSPS) is 15.4. The molecule has 0 bridgehead atoms. The van der Waals surface area contributed by atoms with E-state index in [1.165, 1.54) is 6.20 Å². The van der Waals surface area contributed by atoms with Crippen LogP contribution in [0.1, 0.15) is 40.8 Å². The first-order valence-electron chi connectivity index (χ1n) is 6.12. The summed E-state index contributed by atoms with van der Waals surface area (Å²) >= 11 is 0. The van der Waals surface area contributed by atoms with E-state index in [-0.39, 0.29) is 12.6 Å². The maximum Gasteiger partial charge on any atom is 0.435 e. The fourth-order valence-electron chi connectivity index (χ4n) is 2.14. The number of hydrogen-bond acceptors (Lipinski definition) is 4. The Morgan fingerprint density at radius 2 is 2.14 bits per heavy atom. The Morgan fingerprint density at radius 1 is 1.43 bits per heavy atom. The van der Waals surface area contributed by atoms with E-state index in [9.17, 15) is 18.0 Å². The molecule has 0 saturated heterocycles. The number of alkyl halides is 3. The molecule has 1 aliphatic carbocycles. The van der Waals surface area contributed by atoms with E-state index in [2.05, 4.69) is 15.3 Å². The number of halogens is 3. The summed E-state index contributed by atoms with van der Waals surface area (Å²) in [5, 5.41) is 15.2. The molecule has 3 rings (SSSR count). The maximum absolute atomic E-state index is 13.0. The molecule has 0 unspecified atom stereocenters. The van der Waals surface area contributed by atoms with Gasteiger partial charge in [0.15, 0.2) is 5.69 Å². The first-order chi connectivity index (χ1) is 9.88. The minimum absolute atomic E-state index is 0.231. The Hall–Kier alpha value is -2.39. The Morgan fingerprint density at radius 3 is 2.71 bits per heavy atom. The molecule has 0 aliphatic heterocycles. The van der Waals surface area contributed by atoms with Crippen molar-refractivity contribution in [2.24, 2.45) is 0 Å². The number of imidazole rings is 1. The summed E-state index contributed by atoms with van der Waals surface area (Å²) in [6.45, 7) is -0.231. The molecule has 1 aliphatic rings. The summed E-state index contributed by atoms with van der Waals surface area (Å²) in [5.74, 6) is -1.76. The molecule has 21 heavy (non-hydrogen) atoms. The number of rotatable bonds is 4. The number of carboxylic acid groups (broad SMARTS) is 1. The van der Waals surface area contributed by atoms with Gasteiger partial charge in [0.05, 0.1) is 24.8 Å². The third-order valence-electron chi connectivity index (χ3n) is 3.20. The molecular weight excluding hydrogens is 291 g/mol. The second-order valence-corrected chi connectivity index (χ2v) is 4.77. The third kappa shape index (κ3) is 2.48. The lowest BCUT2D eigenvalue weighted by Gasteiger charge is -2.11. The highest BCUT2D eigenvalue weighted by atomic mass is 19.4. The molecule has 2 heterocycles. The molecule has 0 atom stereocenters. The summed E-state index contributed by atoms with van der Waals surface area (Å²) in [7, 11) is 0. The van der Waals surface area contributed by atoms with Crippen molar-refractivity contribution >= 4 is 5.97 Å². The smallest absolute Gasteiger partial charge is 0.435 e. The average molecular weight is 301 g/mol. The standard InChI is InChI=1S/C11H10F3N5O2/c12-11(13,14)9-8(10(20)21)16-17-19(9)4-7-3-15-5-18(7)6-1-2-6/h3,5-6H,1-2,4H2,(H,20,21). The summed E-state index contributed by atoms with van der Waals surface area (Å²) in [4.78, 5) is 14.8. The molecule has 2 aromatic rings. The maximum atomic E-state index is 13.0. The van der Waals surface area contributed by atoms with E-state index < -0.39 is 23.5 Å². The SMILES string of the molecule is O=C(O)c1nnn(Cc2cncn2C2CC2)c1C(F)(F)F. The fraction of sp³-hybridized carbons (Fsp3) is 0.455.